The van der Waals surface area contributed by atoms with Gasteiger partial charge in [-0.1, -0.05) is 65.2 Å². The number of carbonyl (C=O) groups is 4. The van der Waals surface area contributed by atoms with Crippen molar-refractivity contribution in [1.82, 2.24) is 9.91 Å². The van der Waals surface area contributed by atoms with Crippen molar-refractivity contribution in [3.05, 3.63) is 116 Å². The number of aromatic hydroxyl groups is 1. The quantitative estimate of drug-likeness (QED) is 0.134. The van der Waals surface area contributed by atoms with Crippen LogP contribution in [-0.4, -0.2) is 52.4 Å². The molecule has 13 heteroatoms. The van der Waals surface area contributed by atoms with Gasteiger partial charge in [0, 0.05) is 21.4 Å². The first kappa shape index (κ1) is 35.2. The monoisotopic (exact) mass is 771 g/mol. The molecule has 6 atom stereocenters. The molecule has 1 saturated carbocycles. The van der Waals surface area contributed by atoms with Crippen LogP contribution in [0.5, 0.6) is 17.2 Å². The Hall–Kier alpha value is -4.84. The largest absolute Gasteiger partial charge is 0.504 e. The van der Waals surface area contributed by atoms with Gasteiger partial charge >= 0.3 is 0 Å². The van der Waals surface area contributed by atoms with Gasteiger partial charge in [-0.3, -0.25) is 29.5 Å². The zero-order chi connectivity index (χ0) is 37.2. The molecule has 2 N–H and O–H groups in total. The summed E-state index contributed by atoms with van der Waals surface area (Å²) in [5, 5.41) is 15.4. The second-order valence-electron chi connectivity index (χ2n) is 13.7. The van der Waals surface area contributed by atoms with E-state index in [4.69, 9.17) is 32.7 Å². The van der Waals surface area contributed by atoms with Crippen LogP contribution in [0.15, 0.2) is 89.8 Å². The summed E-state index contributed by atoms with van der Waals surface area (Å²) in [7, 11) is 1.54. The summed E-state index contributed by atoms with van der Waals surface area (Å²) in [4.78, 5) is 60.9. The molecule has 272 valence electrons. The number of halogens is 2. The zero-order valence-corrected chi connectivity index (χ0v) is 31.1. The summed E-state index contributed by atoms with van der Waals surface area (Å²) in [6.45, 7) is 2.24. The Morgan fingerprint density at radius 2 is 1.75 bits per heavy atom. The summed E-state index contributed by atoms with van der Waals surface area (Å²) in [6.07, 6.45) is 2.32. The lowest BCUT2D eigenvalue weighted by atomic mass is 9.49. The minimum Gasteiger partial charge on any atom is -0.504 e. The zero-order valence-electron chi connectivity index (χ0n) is 28.8. The van der Waals surface area contributed by atoms with Crippen molar-refractivity contribution < 1.29 is 33.8 Å². The number of nitrogens with zero attached hydrogens (tertiary/aromatic N) is 2. The lowest BCUT2D eigenvalue weighted by Gasteiger charge is -2.50. The van der Waals surface area contributed by atoms with Crippen LogP contribution in [0.1, 0.15) is 41.7 Å². The predicted molar refractivity (Wildman–Crippen MR) is 200 cm³/mol. The van der Waals surface area contributed by atoms with Crippen LogP contribution in [0.3, 0.4) is 0 Å². The fourth-order valence-corrected chi connectivity index (χ4v) is 10.2. The van der Waals surface area contributed by atoms with Crippen LogP contribution in [0.25, 0.3) is 0 Å². The molecule has 53 heavy (non-hydrogen) atoms. The van der Waals surface area contributed by atoms with Crippen LogP contribution in [0.2, 0.25) is 10.0 Å². The molecule has 3 heterocycles. The second kappa shape index (κ2) is 13.5. The molecule has 2 saturated heterocycles. The Morgan fingerprint density at radius 3 is 2.45 bits per heavy atom. The second-order valence-corrected chi connectivity index (χ2v) is 15.6. The SMILES string of the molecule is CCOc1cccc([C@H]2C3=CC[C@@H]4C(=O)N(Cc5cccs5)C(=O)[C@@H]4[C@@H]3C[C@H]3C(=O)N(Nc4ccc(Cl)cc4Cl)C(=O)[C@@]23c2ccc(OC)cc2)c1O. The van der Waals surface area contributed by atoms with Gasteiger partial charge < -0.3 is 14.6 Å². The summed E-state index contributed by atoms with van der Waals surface area (Å²) >= 11 is 14.2. The lowest BCUT2D eigenvalue weighted by molar-refractivity contribution is -0.141. The van der Waals surface area contributed by atoms with E-state index in [0.717, 1.165) is 9.89 Å². The molecule has 10 nitrogen and oxygen atoms in total. The molecule has 4 aliphatic rings. The van der Waals surface area contributed by atoms with Gasteiger partial charge in [0.25, 0.3) is 11.8 Å². The number of hydrogen-bond donors (Lipinski definition) is 2. The van der Waals surface area contributed by atoms with E-state index in [1.807, 2.05) is 23.6 Å². The molecule has 1 aromatic heterocycles. The number of ether oxygens (including phenoxy) is 2. The lowest BCUT2D eigenvalue weighted by Crippen LogP contribution is -2.53. The van der Waals surface area contributed by atoms with Gasteiger partial charge in [0.1, 0.15) is 5.75 Å². The molecule has 0 spiro atoms. The average molecular weight is 773 g/mol. The highest BCUT2D eigenvalue weighted by molar-refractivity contribution is 7.09. The maximum absolute atomic E-state index is 15.4. The molecule has 2 aliphatic heterocycles. The number of phenolic OH excluding ortho intramolecular Hbond substituents is 1. The highest BCUT2D eigenvalue weighted by Crippen LogP contribution is 2.65. The highest BCUT2D eigenvalue weighted by Gasteiger charge is 2.70. The molecule has 8 rings (SSSR count). The number of hydrogen-bond acceptors (Lipinski definition) is 9. The topological polar surface area (TPSA) is 125 Å². The molecular weight excluding hydrogens is 737 g/mol. The molecule has 4 amide bonds. The summed E-state index contributed by atoms with van der Waals surface area (Å²) < 4.78 is 11.3. The van der Waals surface area contributed by atoms with Crippen molar-refractivity contribution in [2.75, 3.05) is 19.1 Å². The number of imide groups is 2. The van der Waals surface area contributed by atoms with Gasteiger partial charge in [0.05, 0.1) is 54.1 Å². The third-order valence-electron chi connectivity index (χ3n) is 11.2. The number of allylic oxidation sites excluding steroid dienone is 2. The first-order valence-corrected chi connectivity index (χ1v) is 19.0. The molecule has 0 bridgehead atoms. The van der Waals surface area contributed by atoms with E-state index in [2.05, 4.69) is 5.43 Å². The number of para-hydroxylation sites is 1. The number of likely N-dealkylation sites (tertiary alicyclic amines) is 1. The highest BCUT2D eigenvalue weighted by atomic mass is 35.5. The van der Waals surface area contributed by atoms with Crippen molar-refractivity contribution in [2.24, 2.45) is 23.7 Å². The van der Waals surface area contributed by atoms with Gasteiger partial charge in [-0.2, -0.15) is 5.01 Å². The number of benzene rings is 3. The van der Waals surface area contributed by atoms with Gasteiger partial charge in [-0.15, -0.1) is 11.3 Å². The van der Waals surface area contributed by atoms with Crippen molar-refractivity contribution >= 4 is 63.9 Å². The van der Waals surface area contributed by atoms with Crippen LogP contribution >= 0.6 is 34.5 Å². The Labute approximate surface area is 319 Å². The minimum atomic E-state index is -1.62. The summed E-state index contributed by atoms with van der Waals surface area (Å²) in [6, 6.07) is 20.6. The van der Waals surface area contributed by atoms with Crippen LogP contribution < -0.4 is 14.9 Å². The molecule has 3 aromatic carbocycles. The van der Waals surface area contributed by atoms with Gasteiger partial charge in [0.15, 0.2) is 11.5 Å². The van der Waals surface area contributed by atoms with Gasteiger partial charge in [0.2, 0.25) is 11.8 Å². The Balaban J connectivity index is 1.34. The number of phenols is 1. The summed E-state index contributed by atoms with van der Waals surface area (Å²) in [5.41, 5.74) is 3.26. The fraction of sp³-hybridized carbons (Fsp3) is 0.300. The number of rotatable bonds is 9. The summed E-state index contributed by atoms with van der Waals surface area (Å²) in [5.74, 6) is -4.99. The first-order chi connectivity index (χ1) is 25.6. The molecule has 0 unspecified atom stereocenters. The maximum atomic E-state index is 15.4. The normalized spacial score (nSPS) is 26.3. The smallest absolute Gasteiger partial charge is 0.260 e. The van der Waals surface area contributed by atoms with E-state index in [1.54, 1.807) is 61.5 Å². The number of nitrogens with one attached hydrogen (secondary N) is 1. The molecule has 0 radical (unpaired) electrons. The number of fused-ring (bicyclic) bond motifs is 4. The molecule has 2 aliphatic carbocycles. The number of anilines is 1. The van der Waals surface area contributed by atoms with E-state index < -0.39 is 46.8 Å². The van der Waals surface area contributed by atoms with E-state index in [-0.39, 0.29) is 60.0 Å². The number of hydrazine groups is 1. The van der Waals surface area contributed by atoms with Crippen molar-refractivity contribution in [2.45, 2.75) is 37.6 Å². The van der Waals surface area contributed by atoms with Crippen molar-refractivity contribution in [3.63, 3.8) is 0 Å². The van der Waals surface area contributed by atoms with Gasteiger partial charge in [-0.05, 0) is 79.1 Å². The number of thiophene rings is 1. The molecule has 4 aromatic rings. The van der Waals surface area contributed by atoms with E-state index >= 15 is 4.79 Å². The Morgan fingerprint density at radius 1 is 0.962 bits per heavy atom. The third-order valence-corrected chi connectivity index (χ3v) is 12.6. The van der Waals surface area contributed by atoms with Crippen molar-refractivity contribution in [3.8, 4) is 17.2 Å². The van der Waals surface area contributed by atoms with Crippen LogP contribution in [0, 0.1) is 23.7 Å². The average Bonchev–Trinajstić information content (AvgIpc) is 3.82. The number of methoxy groups -OCH3 is 1. The van der Waals surface area contributed by atoms with E-state index in [9.17, 15) is 19.5 Å². The van der Waals surface area contributed by atoms with E-state index in [0.29, 0.717) is 27.5 Å². The number of amides is 4. The minimum absolute atomic E-state index is 0.102. The Kier molecular flexibility index (Phi) is 8.99. The maximum Gasteiger partial charge on any atom is 0.260 e. The van der Waals surface area contributed by atoms with Crippen LogP contribution in [-0.2, 0) is 31.1 Å². The third kappa shape index (κ3) is 5.42. The van der Waals surface area contributed by atoms with Gasteiger partial charge in [-0.25, -0.2) is 0 Å². The predicted octanol–water partition coefficient (Wildman–Crippen LogP) is 7.35. The standard InChI is InChI=1S/C40H35Cl2N3O7S/c1-3-52-32-8-4-7-27(35(32)46)34-25-14-15-26-33(38(49)44(36(26)47)20-24-6-5-17-53-24)28(25)19-29-37(48)45(43-31-16-11-22(41)18-30(31)42)39(50)40(29,34)21-9-12-23(51-2)13-10-21/h4-14,16-18,26,28-29,33-34,43,46H,3,15,19-20H2,1-2H3/t26-,28+,29-,33-,34+,40+/m0/s1. The van der Waals surface area contributed by atoms with Crippen molar-refractivity contribution in [1.29, 1.82) is 0 Å². The molecular formula is C40H35Cl2N3O7S. The first-order valence-electron chi connectivity index (χ1n) is 17.4. The fourth-order valence-electron chi connectivity index (χ4n) is 9.01. The number of carbonyl (C=O) groups excluding carboxylic acids is 4. The van der Waals surface area contributed by atoms with Crippen LogP contribution in [0.4, 0.5) is 5.69 Å². The molecule has 3 fully saturated rings. The Bertz CT molecular complexity index is 2170. The van der Waals surface area contributed by atoms with E-state index in [1.165, 1.54) is 29.4 Å².